The number of ether oxygens (including phenoxy) is 1. The lowest BCUT2D eigenvalue weighted by Gasteiger charge is -2.19. The van der Waals surface area contributed by atoms with Crippen molar-refractivity contribution in [2.45, 2.75) is 39.0 Å². The van der Waals surface area contributed by atoms with E-state index in [9.17, 15) is 4.79 Å². The van der Waals surface area contributed by atoms with Gasteiger partial charge >= 0.3 is 0 Å². The van der Waals surface area contributed by atoms with Crippen LogP contribution in [0.5, 0.6) is 5.75 Å². The van der Waals surface area contributed by atoms with Crippen molar-refractivity contribution in [3.8, 4) is 5.75 Å². The first-order chi connectivity index (χ1) is 14.0. The minimum Gasteiger partial charge on any atom is -0.497 e. The predicted octanol–water partition coefficient (Wildman–Crippen LogP) is 4.00. The largest absolute Gasteiger partial charge is 0.497 e. The summed E-state index contributed by atoms with van der Waals surface area (Å²) in [5.74, 6) is 2.13. The summed E-state index contributed by atoms with van der Waals surface area (Å²) in [7, 11) is 1.66. The molecule has 6 heteroatoms. The minimum atomic E-state index is -0.0408. The van der Waals surface area contributed by atoms with Gasteiger partial charge in [-0.3, -0.25) is 4.79 Å². The molecule has 2 aromatic carbocycles. The van der Waals surface area contributed by atoms with E-state index in [-0.39, 0.29) is 11.8 Å². The number of rotatable bonds is 6. The highest BCUT2D eigenvalue weighted by atomic mass is 16.5. The van der Waals surface area contributed by atoms with Crippen LogP contribution in [0.3, 0.4) is 0 Å². The van der Waals surface area contributed by atoms with Crippen molar-refractivity contribution in [1.82, 2.24) is 10.1 Å². The Labute approximate surface area is 170 Å². The van der Waals surface area contributed by atoms with Crippen LogP contribution in [0.25, 0.3) is 0 Å². The summed E-state index contributed by atoms with van der Waals surface area (Å²) in [5.41, 5.74) is 4.39. The first kappa shape index (κ1) is 19.2. The molecule has 0 bridgehead atoms. The zero-order valence-electron chi connectivity index (χ0n) is 17.0. The number of aromatic nitrogens is 2. The molecule has 0 saturated carbocycles. The Balaban J connectivity index is 1.41. The van der Waals surface area contributed by atoms with Crippen molar-refractivity contribution in [1.29, 1.82) is 0 Å². The fourth-order valence-corrected chi connectivity index (χ4v) is 3.70. The Kier molecular flexibility index (Phi) is 5.34. The summed E-state index contributed by atoms with van der Waals surface area (Å²) in [6, 6.07) is 14.1. The van der Waals surface area contributed by atoms with E-state index >= 15 is 0 Å². The van der Waals surface area contributed by atoms with Gasteiger partial charge in [-0.15, -0.1) is 0 Å². The number of benzene rings is 2. The van der Waals surface area contributed by atoms with Crippen molar-refractivity contribution in [2.75, 3.05) is 18.6 Å². The van der Waals surface area contributed by atoms with E-state index in [1.54, 1.807) is 7.11 Å². The topological polar surface area (TPSA) is 68.5 Å². The number of aryl methyl sites for hydroxylation is 4. The molecule has 1 aliphatic rings. The summed E-state index contributed by atoms with van der Waals surface area (Å²) >= 11 is 0. The molecule has 1 amide bonds. The van der Waals surface area contributed by atoms with E-state index in [0.717, 1.165) is 29.0 Å². The second kappa shape index (κ2) is 8.07. The minimum absolute atomic E-state index is 0.0408. The average Bonchev–Trinajstić information content (AvgIpc) is 3.35. The SMILES string of the molecule is COc1ccc(CCc2nc(C3CC(=O)N(c4cc(C)ccc4C)C3)no2)cc1. The van der Waals surface area contributed by atoms with Crippen molar-refractivity contribution in [2.24, 2.45) is 0 Å². The first-order valence-electron chi connectivity index (χ1n) is 9.86. The third-order valence-electron chi connectivity index (χ3n) is 5.42. The monoisotopic (exact) mass is 391 g/mol. The first-order valence-corrected chi connectivity index (χ1v) is 9.86. The molecule has 6 nitrogen and oxygen atoms in total. The third-order valence-corrected chi connectivity index (χ3v) is 5.42. The smallest absolute Gasteiger partial charge is 0.227 e. The van der Waals surface area contributed by atoms with Gasteiger partial charge in [0.2, 0.25) is 11.8 Å². The highest BCUT2D eigenvalue weighted by molar-refractivity contribution is 5.97. The number of amides is 1. The lowest BCUT2D eigenvalue weighted by Crippen LogP contribution is -2.25. The summed E-state index contributed by atoms with van der Waals surface area (Å²) < 4.78 is 10.6. The average molecular weight is 391 g/mol. The molecule has 1 unspecified atom stereocenters. The van der Waals surface area contributed by atoms with Gasteiger partial charge in [0, 0.05) is 31.0 Å². The van der Waals surface area contributed by atoms with Gasteiger partial charge in [-0.1, -0.05) is 29.4 Å². The fraction of sp³-hybridized carbons (Fsp3) is 0.348. The standard InChI is InChI=1S/C23H25N3O3/c1-15-4-5-16(2)20(12-15)26-14-18(13-22(26)27)23-24-21(29-25-23)11-8-17-6-9-19(28-3)10-7-17/h4-7,9-10,12,18H,8,11,13-14H2,1-3H3. The number of nitrogens with zero attached hydrogens (tertiary/aromatic N) is 3. The molecule has 0 N–H and O–H groups in total. The maximum Gasteiger partial charge on any atom is 0.227 e. The van der Waals surface area contributed by atoms with Crippen LogP contribution in [0.4, 0.5) is 5.69 Å². The lowest BCUT2D eigenvalue weighted by atomic mass is 10.1. The van der Waals surface area contributed by atoms with Crippen molar-refractivity contribution in [3.63, 3.8) is 0 Å². The molecule has 1 atom stereocenters. The maximum atomic E-state index is 12.6. The molecule has 0 radical (unpaired) electrons. The lowest BCUT2D eigenvalue weighted by molar-refractivity contribution is -0.117. The van der Waals surface area contributed by atoms with E-state index < -0.39 is 0 Å². The van der Waals surface area contributed by atoms with Crippen molar-refractivity contribution in [3.05, 3.63) is 70.9 Å². The predicted molar refractivity (Wildman–Crippen MR) is 110 cm³/mol. The summed E-state index contributed by atoms with van der Waals surface area (Å²) in [4.78, 5) is 19.0. The normalized spacial score (nSPS) is 16.4. The fourth-order valence-electron chi connectivity index (χ4n) is 3.70. The molecule has 2 heterocycles. The number of methoxy groups -OCH3 is 1. The third kappa shape index (κ3) is 4.16. The van der Waals surface area contributed by atoms with Crippen LogP contribution in [0, 0.1) is 13.8 Å². The van der Waals surface area contributed by atoms with Gasteiger partial charge in [-0.2, -0.15) is 4.98 Å². The Hall–Kier alpha value is -3.15. The maximum absolute atomic E-state index is 12.6. The highest BCUT2D eigenvalue weighted by Crippen LogP contribution is 2.32. The van der Waals surface area contributed by atoms with Crippen molar-refractivity contribution >= 4 is 11.6 Å². The number of carbonyl (C=O) groups excluding carboxylic acids is 1. The van der Waals surface area contributed by atoms with Crippen LogP contribution in [0.1, 0.15) is 40.7 Å². The van der Waals surface area contributed by atoms with Gasteiger partial charge in [0.1, 0.15) is 5.75 Å². The summed E-state index contributed by atoms with van der Waals surface area (Å²) in [6.45, 7) is 4.65. The molecule has 3 aromatic rings. The molecule has 0 spiro atoms. The van der Waals surface area contributed by atoms with Gasteiger partial charge in [-0.25, -0.2) is 0 Å². The summed E-state index contributed by atoms with van der Waals surface area (Å²) in [6.07, 6.45) is 1.88. The van der Waals surface area contributed by atoms with E-state index in [4.69, 9.17) is 9.26 Å². The molecule has 1 aromatic heterocycles. The molecule has 150 valence electrons. The van der Waals surface area contributed by atoms with E-state index in [1.165, 1.54) is 5.56 Å². The van der Waals surface area contributed by atoms with Crippen LogP contribution in [0.15, 0.2) is 47.0 Å². The zero-order chi connectivity index (χ0) is 20.4. The second-order valence-corrected chi connectivity index (χ2v) is 7.59. The molecule has 1 fully saturated rings. The van der Waals surface area contributed by atoms with E-state index in [2.05, 4.69) is 28.3 Å². The van der Waals surface area contributed by atoms with Crippen LogP contribution >= 0.6 is 0 Å². The molecular formula is C23H25N3O3. The van der Waals surface area contributed by atoms with Gasteiger partial charge < -0.3 is 14.2 Å². The van der Waals surface area contributed by atoms with Gasteiger partial charge in [0.05, 0.1) is 7.11 Å². The van der Waals surface area contributed by atoms with Gasteiger partial charge in [0.25, 0.3) is 0 Å². The summed E-state index contributed by atoms with van der Waals surface area (Å²) in [5, 5.41) is 4.16. The van der Waals surface area contributed by atoms with Gasteiger partial charge in [-0.05, 0) is 55.2 Å². The Bertz CT molecular complexity index is 1010. The Morgan fingerprint density at radius 1 is 1.14 bits per heavy atom. The van der Waals surface area contributed by atoms with E-state index in [1.807, 2.05) is 43.0 Å². The highest BCUT2D eigenvalue weighted by Gasteiger charge is 2.35. The number of hydrogen-bond donors (Lipinski definition) is 0. The van der Waals surface area contributed by atoms with Crippen LogP contribution in [-0.4, -0.2) is 29.7 Å². The van der Waals surface area contributed by atoms with Crippen LogP contribution in [-0.2, 0) is 17.6 Å². The number of hydrogen-bond acceptors (Lipinski definition) is 5. The molecule has 1 saturated heterocycles. The molecule has 29 heavy (non-hydrogen) atoms. The van der Waals surface area contributed by atoms with Crippen molar-refractivity contribution < 1.29 is 14.1 Å². The quantitative estimate of drug-likeness (QED) is 0.635. The van der Waals surface area contributed by atoms with Crippen LogP contribution in [0.2, 0.25) is 0 Å². The van der Waals surface area contributed by atoms with Crippen LogP contribution < -0.4 is 9.64 Å². The zero-order valence-corrected chi connectivity index (χ0v) is 17.0. The van der Waals surface area contributed by atoms with Gasteiger partial charge in [0.15, 0.2) is 5.82 Å². The Morgan fingerprint density at radius 2 is 1.93 bits per heavy atom. The molecular weight excluding hydrogens is 366 g/mol. The van der Waals surface area contributed by atoms with E-state index in [0.29, 0.717) is 31.1 Å². The number of carbonyl (C=O) groups is 1. The molecule has 0 aliphatic carbocycles. The molecule has 1 aliphatic heterocycles. The second-order valence-electron chi connectivity index (χ2n) is 7.59. The Morgan fingerprint density at radius 3 is 2.69 bits per heavy atom. The number of anilines is 1. The molecule has 4 rings (SSSR count).